The Morgan fingerprint density at radius 3 is 3.00 bits per heavy atom. The molecule has 0 aliphatic carbocycles. The van der Waals surface area contributed by atoms with Gasteiger partial charge in [-0.15, -0.1) is 11.3 Å². The largest absolute Gasteiger partial charge is 0.305 e. The molecule has 2 aromatic rings. The van der Waals surface area contributed by atoms with E-state index in [1.54, 1.807) is 11.3 Å². The van der Waals surface area contributed by atoms with Crippen LogP contribution in [0.3, 0.4) is 0 Å². The van der Waals surface area contributed by atoms with E-state index < -0.39 is 0 Å². The molecule has 0 radical (unpaired) electrons. The number of nitrogens with one attached hydrogen (secondary N) is 1. The molecule has 20 heavy (non-hydrogen) atoms. The monoisotopic (exact) mass is 287 g/mol. The van der Waals surface area contributed by atoms with Crippen LogP contribution in [-0.2, 0) is 6.54 Å². The Balaban J connectivity index is 1.50. The van der Waals surface area contributed by atoms with Crippen molar-refractivity contribution in [2.45, 2.75) is 32.0 Å². The lowest BCUT2D eigenvalue weighted by molar-refractivity contribution is 0.316. The minimum atomic E-state index is 0.350. The van der Waals surface area contributed by atoms with E-state index in [1.807, 2.05) is 5.51 Å². The molecule has 1 fully saturated rings. The summed E-state index contributed by atoms with van der Waals surface area (Å²) in [6.07, 6.45) is 1.22. The molecule has 1 aliphatic heterocycles. The first kappa shape index (κ1) is 13.7. The Kier molecular flexibility index (Phi) is 4.45. The molecule has 1 aliphatic rings. The van der Waals surface area contributed by atoms with Crippen molar-refractivity contribution in [2.75, 3.05) is 13.1 Å². The van der Waals surface area contributed by atoms with Crippen molar-refractivity contribution < 1.29 is 0 Å². The van der Waals surface area contributed by atoms with Crippen molar-refractivity contribution in [1.29, 1.82) is 0 Å². The van der Waals surface area contributed by atoms with Gasteiger partial charge in [-0.05, 0) is 18.9 Å². The number of benzene rings is 1. The van der Waals surface area contributed by atoms with E-state index in [0.717, 1.165) is 18.8 Å². The van der Waals surface area contributed by atoms with Crippen molar-refractivity contribution in [3.05, 3.63) is 52.5 Å². The highest BCUT2D eigenvalue weighted by Gasteiger charge is 2.24. The Morgan fingerprint density at radius 1 is 1.40 bits per heavy atom. The number of nitrogens with zero attached hydrogens (tertiary/aromatic N) is 2. The van der Waals surface area contributed by atoms with E-state index in [0.29, 0.717) is 12.1 Å². The van der Waals surface area contributed by atoms with Crippen LogP contribution in [0, 0.1) is 0 Å². The summed E-state index contributed by atoms with van der Waals surface area (Å²) in [6.45, 7) is 5.57. The van der Waals surface area contributed by atoms with Crippen LogP contribution in [0.25, 0.3) is 0 Å². The van der Waals surface area contributed by atoms with Gasteiger partial charge in [0.2, 0.25) is 0 Å². The van der Waals surface area contributed by atoms with Gasteiger partial charge in [0.05, 0.1) is 11.2 Å². The third kappa shape index (κ3) is 3.45. The number of hydrogen-bond acceptors (Lipinski definition) is 4. The number of hydrogen-bond donors (Lipinski definition) is 1. The molecule has 2 atom stereocenters. The minimum absolute atomic E-state index is 0.350. The molecule has 0 saturated carbocycles. The van der Waals surface area contributed by atoms with Crippen LogP contribution in [0.5, 0.6) is 0 Å². The van der Waals surface area contributed by atoms with Gasteiger partial charge >= 0.3 is 0 Å². The van der Waals surface area contributed by atoms with Gasteiger partial charge in [-0.3, -0.25) is 4.90 Å². The van der Waals surface area contributed by atoms with Gasteiger partial charge in [0.25, 0.3) is 0 Å². The normalized spacial score (nSPS) is 21.1. The zero-order valence-corrected chi connectivity index (χ0v) is 12.6. The van der Waals surface area contributed by atoms with E-state index in [-0.39, 0.29) is 0 Å². The maximum atomic E-state index is 4.39. The number of likely N-dealkylation sites (tertiary alicyclic amines) is 1. The van der Waals surface area contributed by atoms with E-state index >= 15 is 0 Å². The van der Waals surface area contributed by atoms with Crippen LogP contribution in [0.15, 0.2) is 41.2 Å². The summed E-state index contributed by atoms with van der Waals surface area (Å²) in [5.74, 6) is 0. The molecule has 3 nitrogen and oxygen atoms in total. The van der Waals surface area contributed by atoms with Crippen LogP contribution < -0.4 is 5.32 Å². The quantitative estimate of drug-likeness (QED) is 0.916. The second-order valence-electron chi connectivity index (χ2n) is 5.51. The molecule has 2 unspecified atom stereocenters. The maximum absolute atomic E-state index is 4.39. The molecule has 0 spiro atoms. The molecule has 1 aromatic carbocycles. The van der Waals surface area contributed by atoms with Crippen LogP contribution in [0.1, 0.15) is 30.6 Å². The van der Waals surface area contributed by atoms with Crippen molar-refractivity contribution in [1.82, 2.24) is 15.2 Å². The maximum Gasteiger partial charge on any atom is 0.0795 e. The first-order valence-corrected chi connectivity index (χ1v) is 8.16. The predicted molar refractivity (Wildman–Crippen MR) is 83.8 cm³/mol. The summed E-state index contributed by atoms with van der Waals surface area (Å²) >= 11 is 1.67. The van der Waals surface area contributed by atoms with Crippen molar-refractivity contribution in [3.63, 3.8) is 0 Å². The van der Waals surface area contributed by atoms with Crippen LogP contribution in [-0.4, -0.2) is 29.0 Å². The van der Waals surface area contributed by atoms with E-state index in [2.05, 4.69) is 57.8 Å². The average Bonchev–Trinajstić information content (AvgIpc) is 3.11. The fourth-order valence-electron chi connectivity index (χ4n) is 2.83. The van der Waals surface area contributed by atoms with Gasteiger partial charge < -0.3 is 5.32 Å². The highest BCUT2D eigenvalue weighted by molar-refractivity contribution is 7.07. The summed E-state index contributed by atoms with van der Waals surface area (Å²) in [4.78, 5) is 6.92. The Bertz CT molecular complexity index is 512. The highest BCUT2D eigenvalue weighted by atomic mass is 32.1. The van der Waals surface area contributed by atoms with Crippen molar-refractivity contribution in [2.24, 2.45) is 0 Å². The second-order valence-corrected chi connectivity index (χ2v) is 6.23. The topological polar surface area (TPSA) is 28.2 Å². The van der Waals surface area contributed by atoms with E-state index in [9.17, 15) is 0 Å². The lowest BCUT2D eigenvalue weighted by Crippen LogP contribution is -2.34. The Hall–Kier alpha value is -1.23. The molecular formula is C16H21N3S. The molecule has 0 amide bonds. The first-order valence-electron chi connectivity index (χ1n) is 7.21. The lowest BCUT2D eigenvalue weighted by Gasteiger charge is -2.19. The van der Waals surface area contributed by atoms with Crippen LogP contribution >= 0.6 is 11.3 Å². The summed E-state index contributed by atoms with van der Waals surface area (Å²) in [7, 11) is 0. The summed E-state index contributed by atoms with van der Waals surface area (Å²) in [6, 6.07) is 11.7. The Labute approximate surface area is 124 Å². The zero-order valence-electron chi connectivity index (χ0n) is 11.8. The molecule has 0 bridgehead atoms. The minimum Gasteiger partial charge on any atom is -0.305 e. The SMILES string of the molecule is CC(NC1CCN(Cc2ccccc2)C1)c1cscn1. The molecule has 2 heterocycles. The van der Waals surface area contributed by atoms with Gasteiger partial charge in [0.15, 0.2) is 0 Å². The summed E-state index contributed by atoms with van der Waals surface area (Å²) < 4.78 is 0. The van der Waals surface area contributed by atoms with E-state index in [4.69, 9.17) is 0 Å². The summed E-state index contributed by atoms with van der Waals surface area (Å²) in [5.41, 5.74) is 4.47. The van der Waals surface area contributed by atoms with Gasteiger partial charge in [-0.2, -0.15) is 0 Å². The lowest BCUT2D eigenvalue weighted by atomic mass is 10.2. The standard InChI is InChI=1S/C16H21N3S/c1-13(16-11-20-12-17-16)18-15-7-8-19(10-15)9-14-5-3-2-4-6-14/h2-6,11-13,15,18H,7-10H2,1H3. The predicted octanol–water partition coefficient (Wildman–Crippen LogP) is 3.07. The Morgan fingerprint density at radius 2 is 2.25 bits per heavy atom. The molecule has 1 aromatic heterocycles. The van der Waals surface area contributed by atoms with Gasteiger partial charge in [0.1, 0.15) is 0 Å². The first-order chi connectivity index (χ1) is 9.81. The third-order valence-corrected chi connectivity index (χ3v) is 4.51. The number of thiazole rings is 1. The highest BCUT2D eigenvalue weighted by Crippen LogP contribution is 2.18. The molecular weight excluding hydrogens is 266 g/mol. The number of rotatable bonds is 5. The van der Waals surface area contributed by atoms with Crippen LogP contribution in [0.2, 0.25) is 0 Å². The van der Waals surface area contributed by atoms with Gasteiger partial charge in [0, 0.05) is 37.1 Å². The second kappa shape index (κ2) is 6.48. The molecule has 4 heteroatoms. The fraction of sp³-hybridized carbons (Fsp3) is 0.438. The number of aromatic nitrogens is 1. The van der Waals surface area contributed by atoms with Gasteiger partial charge in [-0.25, -0.2) is 4.98 Å². The van der Waals surface area contributed by atoms with Crippen LogP contribution in [0.4, 0.5) is 0 Å². The van der Waals surface area contributed by atoms with Crippen molar-refractivity contribution in [3.8, 4) is 0 Å². The van der Waals surface area contributed by atoms with Gasteiger partial charge in [-0.1, -0.05) is 30.3 Å². The average molecular weight is 287 g/mol. The fourth-order valence-corrected chi connectivity index (χ4v) is 3.48. The van der Waals surface area contributed by atoms with E-state index in [1.165, 1.54) is 18.5 Å². The molecule has 1 N–H and O–H groups in total. The smallest absolute Gasteiger partial charge is 0.0795 e. The third-order valence-electron chi connectivity index (χ3n) is 3.90. The molecule has 3 rings (SSSR count). The molecule has 1 saturated heterocycles. The zero-order chi connectivity index (χ0) is 13.8. The summed E-state index contributed by atoms with van der Waals surface area (Å²) in [5, 5.41) is 5.83. The molecule has 106 valence electrons. The van der Waals surface area contributed by atoms with Crippen molar-refractivity contribution >= 4 is 11.3 Å².